The Balaban J connectivity index is 2.25. The maximum atomic E-state index is 5.94. The van der Waals surface area contributed by atoms with Crippen molar-refractivity contribution >= 4 is 5.82 Å². The Morgan fingerprint density at radius 3 is 2.94 bits per heavy atom. The normalized spacial score (nSPS) is 26.1. The summed E-state index contributed by atoms with van der Waals surface area (Å²) in [5.74, 6) is 1.90. The van der Waals surface area contributed by atoms with E-state index in [4.69, 9.17) is 5.73 Å². The summed E-state index contributed by atoms with van der Waals surface area (Å²) in [6.45, 7) is 7.80. The summed E-state index contributed by atoms with van der Waals surface area (Å²) >= 11 is 0. The Morgan fingerprint density at radius 2 is 2.22 bits per heavy atom. The van der Waals surface area contributed by atoms with E-state index in [-0.39, 0.29) is 6.04 Å². The van der Waals surface area contributed by atoms with Crippen LogP contribution in [0.3, 0.4) is 0 Å². The van der Waals surface area contributed by atoms with E-state index in [9.17, 15) is 0 Å². The first-order valence-electron chi connectivity index (χ1n) is 7.04. The van der Waals surface area contributed by atoms with E-state index < -0.39 is 0 Å². The van der Waals surface area contributed by atoms with Gasteiger partial charge in [-0.2, -0.15) is 0 Å². The largest absolute Gasteiger partial charge is 0.353 e. The first kappa shape index (κ1) is 13.3. The highest BCUT2D eigenvalue weighted by Crippen LogP contribution is 2.28. The van der Waals surface area contributed by atoms with Gasteiger partial charge in [0.1, 0.15) is 5.82 Å². The zero-order valence-electron chi connectivity index (χ0n) is 11.8. The molecule has 0 radical (unpaired) electrons. The fourth-order valence-corrected chi connectivity index (χ4v) is 2.78. The molecule has 2 N–H and O–H groups in total. The molecule has 0 aromatic carbocycles. The number of piperidine rings is 1. The molecule has 3 heteroatoms. The van der Waals surface area contributed by atoms with Crippen LogP contribution in [0.5, 0.6) is 0 Å². The van der Waals surface area contributed by atoms with E-state index in [2.05, 4.69) is 36.7 Å². The van der Waals surface area contributed by atoms with Crippen molar-refractivity contribution in [3.8, 4) is 0 Å². The average Bonchev–Trinajstić information content (AvgIpc) is 2.32. The van der Waals surface area contributed by atoms with Crippen LogP contribution in [-0.4, -0.2) is 23.6 Å². The summed E-state index contributed by atoms with van der Waals surface area (Å²) in [5, 5.41) is 0. The molecule has 3 unspecified atom stereocenters. The van der Waals surface area contributed by atoms with Crippen molar-refractivity contribution < 1.29 is 0 Å². The lowest BCUT2D eigenvalue weighted by Gasteiger charge is -2.38. The van der Waals surface area contributed by atoms with Crippen molar-refractivity contribution in [2.24, 2.45) is 11.7 Å². The molecule has 100 valence electrons. The molecule has 0 spiro atoms. The monoisotopic (exact) mass is 247 g/mol. The maximum absolute atomic E-state index is 5.94. The second kappa shape index (κ2) is 5.70. The van der Waals surface area contributed by atoms with Gasteiger partial charge in [0.15, 0.2) is 0 Å². The highest BCUT2D eigenvalue weighted by molar-refractivity contribution is 5.48. The number of aromatic nitrogens is 1. The SMILES string of the molecule is CC(N)Cc1cccnc1N1CC(C)CCC1C. The Morgan fingerprint density at radius 1 is 1.44 bits per heavy atom. The highest BCUT2D eigenvalue weighted by Gasteiger charge is 2.25. The molecule has 0 bridgehead atoms. The third-order valence-corrected chi connectivity index (χ3v) is 3.80. The van der Waals surface area contributed by atoms with Gasteiger partial charge in [-0.15, -0.1) is 0 Å². The molecular formula is C15H25N3. The summed E-state index contributed by atoms with van der Waals surface area (Å²) in [4.78, 5) is 7.07. The molecule has 2 heterocycles. The van der Waals surface area contributed by atoms with Crippen LogP contribution in [0.4, 0.5) is 5.82 Å². The number of hydrogen-bond acceptors (Lipinski definition) is 3. The summed E-state index contributed by atoms with van der Waals surface area (Å²) in [5.41, 5.74) is 7.22. The fraction of sp³-hybridized carbons (Fsp3) is 0.667. The Hall–Kier alpha value is -1.09. The van der Waals surface area contributed by atoms with Gasteiger partial charge in [0.2, 0.25) is 0 Å². The van der Waals surface area contributed by atoms with Crippen molar-refractivity contribution in [3.05, 3.63) is 23.9 Å². The zero-order chi connectivity index (χ0) is 13.1. The van der Waals surface area contributed by atoms with Crippen LogP contribution in [-0.2, 0) is 6.42 Å². The lowest BCUT2D eigenvalue weighted by molar-refractivity contribution is 0.387. The van der Waals surface area contributed by atoms with E-state index in [1.54, 1.807) is 0 Å². The van der Waals surface area contributed by atoms with Gasteiger partial charge in [-0.1, -0.05) is 13.0 Å². The Bertz CT molecular complexity index is 389. The van der Waals surface area contributed by atoms with Gasteiger partial charge in [0.05, 0.1) is 0 Å². The topological polar surface area (TPSA) is 42.1 Å². The van der Waals surface area contributed by atoms with Crippen LogP contribution >= 0.6 is 0 Å². The van der Waals surface area contributed by atoms with Gasteiger partial charge in [-0.05, 0) is 50.7 Å². The van der Waals surface area contributed by atoms with Gasteiger partial charge >= 0.3 is 0 Å². The van der Waals surface area contributed by atoms with Gasteiger partial charge < -0.3 is 10.6 Å². The molecule has 0 saturated carbocycles. The number of pyridine rings is 1. The molecule has 1 aromatic heterocycles. The Kier molecular flexibility index (Phi) is 4.23. The van der Waals surface area contributed by atoms with E-state index >= 15 is 0 Å². The number of nitrogens with two attached hydrogens (primary N) is 1. The highest BCUT2D eigenvalue weighted by atomic mass is 15.2. The smallest absolute Gasteiger partial charge is 0.132 e. The Labute approximate surface area is 110 Å². The molecule has 0 amide bonds. The molecule has 1 aliphatic rings. The lowest BCUT2D eigenvalue weighted by atomic mass is 9.94. The predicted molar refractivity (Wildman–Crippen MR) is 76.8 cm³/mol. The molecular weight excluding hydrogens is 222 g/mol. The first-order chi connectivity index (χ1) is 8.58. The zero-order valence-corrected chi connectivity index (χ0v) is 11.8. The lowest BCUT2D eigenvalue weighted by Crippen LogP contribution is -2.42. The molecule has 1 fully saturated rings. The van der Waals surface area contributed by atoms with Crippen molar-refractivity contribution in [2.75, 3.05) is 11.4 Å². The summed E-state index contributed by atoms with van der Waals surface area (Å²) < 4.78 is 0. The third kappa shape index (κ3) is 3.02. The van der Waals surface area contributed by atoms with E-state index in [1.165, 1.54) is 18.4 Å². The molecule has 3 atom stereocenters. The second-order valence-corrected chi connectivity index (χ2v) is 5.85. The second-order valence-electron chi connectivity index (χ2n) is 5.85. The first-order valence-corrected chi connectivity index (χ1v) is 7.04. The molecule has 2 rings (SSSR count). The number of rotatable bonds is 3. The van der Waals surface area contributed by atoms with Crippen LogP contribution in [0.2, 0.25) is 0 Å². The van der Waals surface area contributed by atoms with E-state index in [0.717, 1.165) is 24.7 Å². The van der Waals surface area contributed by atoms with Gasteiger partial charge in [-0.3, -0.25) is 0 Å². The fourth-order valence-electron chi connectivity index (χ4n) is 2.78. The van der Waals surface area contributed by atoms with Crippen LogP contribution in [0, 0.1) is 5.92 Å². The standard InChI is InChI=1S/C15H25N3/c1-11-6-7-13(3)18(10-11)15-14(9-12(2)16)5-4-8-17-15/h4-5,8,11-13H,6-7,9-10,16H2,1-3H3. The summed E-state index contributed by atoms with van der Waals surface area (Å²) in [7, 11) is 0. The molecule has 0 aliphatic carbocycles. The van der Waals surface area contributed by atoms with Gasteiger partial charge in [0, 0.05) is 24.8 Å². The summed E-state index contributed by atoms with van der Waals surface area (Å²) in [6, 6.07) is 4.95. The quantitative estimate of drug-likeness (QED) is 0.892. The molecule has 1 saturated heterocycles. The third-order valence-electron chi connectivity index (χ3n) is 3.80. The molecule has 1 aliphatic heterocycles. The van der Waals surface area contributed by atoms with Gasteiger partial charge in [-0.25, -0.2) is 4.98 Å². The average molecular weight is 247 g/mol. The van der Waals surface area contributed by atoms with Crippen molar-refractivity contribution in [2.45, 2.75) is 52.1 Å². The minimum Gasteiger partial charge on any atom is -0.353 e. The van der Waals surface area contributed by atoms with Crippen molar-refractivity contribution in [3.63, 3.8) is 0 Å². The van der Waals surface area contributed by atoms with Crippen molar-refractivity contribution in [1.29, 1.82) is 0 Å². The van der Waals surface area contributed by atoms with E-state index in [1.807, 2.05) is 12.3 Å². The molecule has 3 nitrogen and oxygen atoms in total. The van der Waals surface area contributed by atoms with Crippen LogP contribution < -0.4 is 10.6 Å². The van der Waals surface area contributed by atoms with Crippen molar-refractivity contribution in [1.82, 2.24) is 4.98 Å². The maximum Gasteiger partial charge on any atom is 0.132 e. The predicted octanol–water partition coefficient (Wildman–Crippen LogP) is 2.60. The number of anilines is 1. The minimum absolute atomic E-state index is 0.186. The summed E-state index contributed by atoms with van der Waals surface area (Å²) in [6.07, 6.45) is 5.38. The number of hydrogen-bond donors (Lipinski definition) is 1. The number of nitrogens with zero attached hydrogens (tertiary/aromatic N) is 2. The molecule has 1 aromatic rings. The minimum atomic E-state index is 0.186. The van der Waals surface area contributed by atoms with Crippen LogP contribution in [0.1, 0.15) is 39.2 Å². The van der Waals surface area contributed by atoms with Crippen LogP contribution in [0.15, 0.2) is 18.3 Å². The van der Waals surface area contributed by atoms with Gasteiger partial charge in [0.25, 0.3) is 0 Å². The van der Waals surface area contributed by atoms with E-state index in [0.29, 0.717) is 6.04 Å². The van der Waals surface area contributed by atoms with Crippen LogP contribution in [0.25, 0.3) is 0 Å². The molecule has 18 heavy (non-hydrogen) atoms.